The largest absolute Gasteiger partial charge is 0.464 e. The fourth-order valence-electron chi connectivity index (χ4n) is 3.87. The van der Waals surface area contributed by atoms with Crippen molar-refractivity contribution >= 4 is 30.0 Å². The normalized spacial score (nSPS) is 26.5. The Morgan fingerprint density at radius 1 is 1.25 bits per heavy atom. The molecule has 0 spiro atoms. The Bertz CT molecular complexity index is 464. The van der Waals surface area contributed by atoms with Crippen molar-refractivity contribution in [2.45, 2.75) is 90.1 Å². The van der Waals surface area contributed by atoms with Crippen molar-refractivity contribution in [3.8, 4) is 0 Å². The summed E-state index contributed by atoms with van der Waals surface area (Å²) in [6.45, 7) is 9.44. The van der Waals surface area contributed by atoms with E-state index in [1.165, 1.54) is 41.8 Å². The second-order valence-corrected chi connectivity index (χ2v) is 14.2. The van der Waals surface area contributed by atoms with Crippen LogP contribution in [0.3, 0.4) is 0 Å². The molecule has 1 heterocycles. The molecule has 138 valence electrons. The van der Waals surface area contributed by atoms with Gasteiger partial charge in [0.1, 0.15) is 0 Å². The van der Waals surface area contributed by atoms with E-state index in [4.69, 9.17) is 9.47 Å². The van der Waals surface area contributed by atoms with E-state index in [2.05, 4.69) is 42.5 Å². The van der Waals surface area contributed by atoms with E-state index in [1.54, 1.807) is 0 Å². The lowest BCUT2D eigenvalue weighted by molar-refractivity contribution is -0.161. The molecule has 0 N–H and O–H groups in total. The van der Waals surface area contributed by atoms with Crippen molar-refractivity contribution in [1.82, 2.24) is 0 Å². The van der Waals surface area contributed by atoms with Gasteiger partial charge in [0, 0.05) is 6.42 Å². The second kappa shape index (κ2) is 8.99. The molecule has 5 heteroatoms. The summed E-state index contributed by atoms with van der Waals surface area (Å²) in [7, 11) is -1.66. The molecule has 0 aromatic heterocycles. The Morgan fingerprint density at radius 2 is 1.92 bits per heavy atom. The first-order valence-electron chi connectivity index (χ1n) is 9.55. The molecule has 1 aliphatic heterocycles. The fourth-order valence-corrected chi connectivity index (χ4v) is 8.07. The van der Waals surface area contributed by atoms with Crippen molar-refractivity contribution in [3.05, 3.63) is 9.68 Å². The molecule has 0 aromatic carbocycles. The maximum Gasteiger partial charge on any atom is 0.339 e. The van der Waals surface area contributed by atoms with Gasteiger partial charge in [0.25, 0.3) is 0 Å². The van der Waals surface area contributed by atoms with Crippen LogP contribution in [0, 0.1) is 5.92 Å². The minimum absolute atomic E-state index is 0.156. The molecule has 0 unspecified atom stereocenters. The lowest BCUT2D eigenvalue weighted by atomic mass is 9.83. The highest BCUT2D eigenvalue weighted by molar-refractivity contribution is 9.11. The van der Waals surface area contributed by atoms with Gasteiger partial charge in [-0.2, -0.15) is 0 Å². The maximum absolute atomic E-state index is 12.7. The molecule has 0 radical (unpaired) electrons. The van der Waals surface area contributed by atoms with Gasteiger partial charge in [0.05, 0.1) is 20.8 Å². The third kappa shape index (κ3) is 5.18. The molecule has 2 atom stereocenters. The molecule has 3 nitrogen and oxygen atoms in total. The van der Waals surface area contributed by atoms with Gasteiger partial charge in [-0.05, 0) is 34.9 Å². The van der Waals surface area contributed by atoms with Crippen LogP contribution in [0.4, 0.5) is 0 Å². The molecule has 1 saturated carbocycles. The van der Waals surface area contributed by atoms with Crippen molar-refractivity contribution in [3.63, 3.8) is 0 Å². The van der Waals surface area contributed by atoms with Crippen LogP contribution in [0.25, 0.3) is 0 Å². The molecular weight excluding hydrogens is 384 g/mol. The molecular formula is C19H33BrO3Si. The van der Waals surface area contributed by atoms with Gasteiger partial charge in [0.2, 0.25) is 0 Å². The van der Waals surface area contributed by atoms with Gasteiger partial charge >= 0.3 is 5.97 Å². The highest BCUT2D eigenvalue weighted by Crippen LogP contribution is 2.41. The van der Waals surface area contributed by atoms with Crippen molar-refractivity contribution < 1.29 is 14.3 Å². The summed E-state index contributed by atoms with van der Waals surface area (Å²) in [4.78, 5) is 12.7. The van der Waals surface area contributed by atoms with E-state index < -0.39 is 14.2 Å². The summed E-state index contributed by atoms with van der Waals surface area (Å²) in [6.07, 6.45) is 8.90. The number of hydrogen-bond donors (Lipinski definition) is 0. The average molecular weight is 417 g/mol. The summed E-state index contributed by atoms with van der Waals surface area (Å²) < 4.78 is 13.1. The Kier molecular flexibility index (Phi) is 7.56. The molecule has 0 aromatic rings. The summed E-state index contributed by atoms with van der Waals surface area (Å²) >= 11 is 3.81. The first-order valence-corrected chi connectivity index (χ1v) is 13.8. The number of carbonyl (C=O) groups is 1. The number of rotatable bonds is 6. The number of ether oxygens (including phenoxy) is 2. The SMILES string of the molecule is CCCCOC(=O)[C@@H]1O[C@@H](C2CCCCC2)CC(Br)=C1[Si](C)(C)C. The Hall–Kier alpha value is -0.133. The molecule has 0 amide bonds. The van der Waals surface area contributed by atoms with E-state index in [-0.39, 0.29) is 12.1 Å². The fraction of sp³-hybridized carbons (Fsp3) is 0.842. The third-order valence-electron chi connectivity index (χ3n) is 5.19. The van der Waals surface area contributed by atoms with Gasteiger partial charge in [-0.1, -0.05) is 68.2 Å². The van der Waals surface area contributed by atoms with Gasteiger partial charge < -0.3 is 9.47 Å². The molecule has 2 rings (SSSR count). The molecule has 0 bridgehead atoms. The predicted molar refractivity (Wildman–Crippen MR) is 105 cm³/mol. The minimum atomic E-state index is -1.66. The highest BCUT2D eigenvalue weighted by atomic mass is 79.9. The van der Waals surface area contributed by atoms with E-state index in [1.807, 2.05) is 0 Å². The van der Waals surface area contributed by atoms with Crippen molar-refractivity contribution in [1.29, 1.82) is 0 Å². The average Bonchev–Trinajstić information content (AvgIpc) is 2.53. The third-order valence-corrected chi connectivity index (χ3v) is 8.48. The summed E-state index contributed by atoms with van der Waals surface area (Å²) in [5.74, 6) is 0.402. The van der Waals surface area contributed by atoms with Gasteiger partial charge in [0.15, 0.2) is 6.10 Å². The Labute approximate surface area is 156 Å². The number of halogens is 1. The Morgan fingerprint density at radius 3 is 2.50 bits per heavy atom. The van der Waals surface area contributed by atoms with Crippen LogP contribution in [0.2, 0.25) is 19.6 Å². The minimum Gasteiger partial charge on any atom is -0.464 e. The summed E-state index contributed by atoms with van der Waals surface area (Å²) in [6, 6.07) is 0. The van der Waals surface area contributed by atoms with Crippen LogP contribution in [-0.2, 0) is 14.3 Å². The zero-order valence-corrected chi connectivity index (χ0v) is 18.3. The van der Waals surface area contributed by atoms with Crippen LogP contribution >= 0.6 is 15.9 Å². The van der Waals surface area contributed by atoms with E-state index in [0.717, 1.165) is 19.3 Å². The van der Waals surface area contributed by atoms with Crippen molar-refractivity contribution in [2.24, 2.45) is 5.92 Å². The number of esters is 1. The van der Waals surface area contributed by atoms with Gasteiger partial charge in [-0.25, -0.2) is 4.79 Å². The van der Waals surface area contributed by atoms with Crippen LogP contribution in [-0.4, -0.2) is 32.9 Å². The topological polar surface area (TPSA) is 35.5 Å². The molecule has 2 aliphatic rings. The summed E-state index contributed by atoms with van der Waals surface area (Å²) in [5, 5.41) is 1.19. The molecule has 0 saturated heterocycles. The molecule has 24 heavy (non-hydrogen) atoms. The van der Waals surface area contributed by atoms with E-state index in [0.29, 0.717) is 12.5 Å². The van der Waals surface area contributed by atoms with E-state index >= 15 is 0 Å². The van der Waals surface area contributed by atoms with Crippen molar-refractivity contribution in [2.75, 3.05) is 6.61 Å². The predicted octanol–water partition coefficient (Wildman–Crippen LogP) is 5.59. The first kappa shape index (κ1) is 20.2. The number of hydrogen-bond acceptors (Lipinski definition) is 3. The molecule has 1 aliphatic carbocycles. The van der Waals surface area contributed by atoms with Crippen LogP contribution < -0.4 is 0 Å². The second-order valence-electron chi connectivity index (χ2n) is 8.25. The highest BCUT2D eigenvalue weighted by Gasteiger charge is 2.42. The monoisotopic (exact) mass is 416 g/mol. The Balaban J connectivity index is 2.18. The van der Waals surface area contributed by atoms with Crippen LogP contribution in [0.5, 0.6) is 0 Å². The lowest BCUT2D eigenvalue weighted by Gasteiger charge is -2.40. The lowest BCUT2D eigenvalue weighted by Crippen LogP contribution is -2.46. The summed E-state index contributed by atoms with van der Waals surface area (Å²) in [5.41, 5.74) is 0. The van der Waals surface area contributed by atoms with Crippen LogP contribution in [0.15, 0.2) is 9.68 Å². The van der Waals surface area contributed by atoms with Crippen LogP contribution in [0.1, 0.15) is 58.3 Å². The number of carbonyl (C=O) groups excluding carboxylic acids is 1. The van der Waals surface area contributed by atoms with Gasteiger partial charge in [-0.15, -0.1) is 0 Å². The number of unbranched alkanes of at least 4 members (excludes halogenated alkanes) is 1. The smallest absolute Gasteiger partial charge is 0.339 e. The zero-order valence-electron chi connectivity index (χ0n) is 15.7. The first-order chi connectivity index (χ1) is 11.3. The van der Waals surface area contributed by atoms with Gasteiger partial charge in [-0.3, -0.25) is 0 Å². The zero-order chi connectivity index (χ0) is 17.7. The molecule has 1 fully saturated rings. The maximum atomic E-state index is 12.7. The quantitative estimate of drug-likeness (QED) is 0.321. The standard InChI is InChI=1S/C19H33BrO3Si/c1-5-6-12-22-19(21)17-18(24(2,3)4)15(20)13-16(23-17)14-10-8-7-9-11-14/h14,16-17H,5-13H2,1-4H3/t16-,17-/m1/s1. The van der Waals surface area contributed by atoms with E-state index in [9.17, 15) is 4.79 Å².